The maximum atomic E-state index is 11.9. The Balaban J connectivity index is 0.00000261. The highest BCUT2D eigenvalue weighted by Crippen LogP contribution is 2.31. The van der Waals surface area contributed by atoms with Crippen LogP contribution in [-0.4, -0.2) is 32.6 Å². The van der Waals surface area contributed by atoms with E-state index in [1.54, 1.807) is 14.2 Å². The van der Waals surface area contributed by atoms with Crippen LogP contribution in [0.25, 0.3) is 0 Å². The van der Waals surface area contributed by atoms with Crippen molar-refractivity contribution in [1.82, 2.24) is 10.6 Å². The molecule has 1 unspecified atom stereocenters. The van der Waals surface area contributed by atoms with E-state index >= 15 is 0 Å². The van der Waals surface area contributed by atoms with Gasteiger partial charge in [0.1, 0.15) is 5.75 Å². The first-order valence-electron chi connectivity index (χ1n) is 8.66. The van der Waals surface area contributed by atoms with Crippen LogP contribution in [0, 0.1) is 0 Å². The molecule has 1 amide bonds. The molecule has 3 rings (SSSR count). The number of rotatable bonds is 5. The van der Waals surface area contributed by atoms with Gasteiger partial charge in [0.15, 0.2) is 5.96 Å². The predicted molar refractivity (Wildman–Crippen MR) is 119 cm³/mol. The molecule has 3 N–H and O–H groups in total. The fraction of sp³-hybridized carbons (Fsp3) is 0.300. The van der Waals surface area contributed by atoms with Crippen LogP contribution in [0.5, 0.6) is 5.75 Å². The maximum Gasteiger partial charge on any atom is 0.225 e. The lowest BCUT2D eigenvalue weighted by Crippen LogP contribution is -2.40. The Hall–Kier alpha value is -2.29. The first-order valence-corrected chi connectivity index (χ1v) is 8.66. The largest absolute Gasteiger partial charge is 0.497 e. The monoisotopic (exact) mass is 480 g/mol. The third-order valence-electron chi connectivity index (χ3n) is 4.47. The number of anilines is 1. The van der Waals surface area contributed by atoms with Crippen molar-refractivity contribution in [3.05, 3.63) is 59.7 Å². The molecular weight excluding hydrogens is 455 g/mol. The van der Waals surface area contributed by atoms with Crippen molar-refractivity contribution in [2.75, 3.05) is 26.0 Å². The van der Waals surface area contributed by atoms with E-state index in [-0.39, 0.29) is 35.8 Å². The molecular formula is C20H25IN4O2. The van der Waals surface area contributed by atoms with Gasteiger partial charge in [0.2, 0.25) is 5.91 Å². The van der Waals surface area contributed by atoms with Gasteiger partial charge in [-0.05, 0) is 29.3 Å². The molecule has 1 aliphatic rings. The predicted octanol–water partition coefficient (Wildman–Crippen LogP) is 3.10. The maximum absolute atomic E-state index is 11.9. The molecule has 0 bridgehead atoms. The highest BCUT2D eigenvalue weighted by atomic mass is 127. The van der Waals surface area contributed by atoms with Crippen molar-refractivity contribution in [1.29, 1.82) is 0 Å². The molecule has 0 aromatic heterocycles. The second kappa shape index (κ2) is 10.1. The normalized spacial score (nSPS) is 15.9. The number of carbonyl (C=O) groups excluding carboxylic acids is 1. The number of carbonyl (C=O) groups is 1. The Bertz CT molecular complexity index is 793. The summed E-state index contributed by atoms with van der Waals surface area (Å²) in [6.07, 6.45) is 0.472. The van der Waals surface area contributed by atoms with Gasteiger partial charge in [-0.1, -0.05) is 30.3 Å². The van der Waals surface area contributed by atoms with Crippen LogP contribution in [0.3, 0.4) is 0 Å². The molecule has 6 nitrogen and oxygen atoms in total. The number of benzene rings is 2. The van der Waals surface area contributed by atoms with Crippen LogP contribution < -0.4 is 20.7 Å². The fourth-order valence-corrected chi connectivity index (χ4v) is 3.05. The van der Waals surface area contributed by atoms with Gasteiger partial charge >= 0.3 is 0 Å². The van der Waals surface area contributed by atoms with Crippen molar-refractivity contribution >= 4 is 41.5 Å². The van der Waals surface area contributed by atoms with Crippen LogP contribution in [0.15, 0.2) is 53.5 Å². The van der Waals surface area contributed by atoms with E-state index in [1.165, 1.54) is 0 Å². The summed E-state index contributed by atoms with van der Waals surface area (Å²) < 4.78 is 5.17. The Morgan fingerprint density at radius 3 is 2.63 bits per heavy atom. The van der Waals surface area contributed by atoms with Crippen LogP contribution in [0.2, 0.25) is 0 Å². The van der Waals surface area contributed by atoms with Crippen LogP contribution in [0.1, 0.15) is 23.5 Å². The molecule has 1 aliphatic heterocycles. The zero-order chi connectivity index (χ0) is 18.4. The lowest BCUT2D eigenvalue weighted by Gasteiger charge is -2.26. The average Bonchev–Trinajstić information content (AvgIpc) is 2.68. The van der Waals surface area contributed by atoms with E-state index in [1.807, 2.05) is 42.5 Å². The number of halogens is 1. The summed E-state index contributed by atoms with van der Waals surface area (Å²) in [7, 11) is 3.40. The summed E-state index contributed by atoms with van der Waals surface area (Å²) >= 11 is 0. The third kappa shape index (κ3) is 5.59. The third-order valence-corrected chi connectivity index (χ3v) is 4.47. The van der Waals surface area contributed by atoms with E-state index in [9.17, 15) is 4.79 Å². The number of aliphatic imine (C=N–C) groups is 1. The van der Waals surface area contributed by atoms with E-state index in [0.717, 1.165) is 22.6 Å². The van der Waals surface area contributed by atoms with Gasteiger partial charge in [-0.25, -0.2) is 0 Å². The molecule has 0 spiro atoms. The highest BCUT2D eigenvalue weighted by Gasteiger charge is 2.24. The zero-order valence-electron chi connectivity index (χ0n) is 15.5. The molecule has 0 aliphatic carbocycles. The molecule has 1 atom stereocenters. The second-order valence-corrected chi connectivity index (χ2v) is 6.19. The lowest BCUT2D eigenvalue weighted by atomic mass is 9.90. The molecule has 1 heterocycles. The first kappa shape index (κ1) is 21.0. The summed E-state index contributed by atoms with van der Waals surface area (Å²) in [5, 5.41) is 9.55. The second-order valence-electron chi connectivity index (χ2n) is 6.19. The molecule has 0 saturated heterocycles. The van der Waals surface area contributed by atoms with Crippen LogP contribution in [0.4, 0.5) is 5.69 Å². The van der Waals surface area contributed by atoms with Gasteiger partial charge in [-0.3, -0.25) is 9.79 Å². The lowest BCUT2D eigenvalue weighted by molar-refractivity contribution is -0.116. The first-order chi connectivity index (χ1) is 12.7. The molecule has 0 radical (unpaired) electrons. The molecule has 2 aromatic carbocycles. The van der Waals surface area contributed by atoms with Crippen LogP contribution >= 0.6 is 24.0 Å². The number of hydrogen-bond acceptors (Lipinski definition) is 3. The number of guanidine groups is 1. The Kier molecular flexibility index (Phi) is 7.90. The summed E-state index contributed by atoms with van der Waals surface area (Å²) in [6.45, 7) is 1.30. The van der Waals surface area contributed by atoms with Crippen molar-refractivity contribution in [3.8, 4) is 5.75 Å². The number of nitrogens with zero attached hydrogens (tertiary/aromatic N) is 1. The Labute approximate surface area is 176 Å². The Morgan fingerprint density at radius 1 is 1.19 bits per heavy atom. The molecule has 0 saturated carbocycles. The van der Waals surface area contributed by atoms with Gasteiger partial charge in [-0.15, -0.1) is 24.0 Å². The number of nitrogens with one attached hydrogen (secondary N) is 3. The summed E-state index contributed by atoms with van der Waals surface area (Å²) in [6, 6.07) is 15.8. The van der Waals surface area contributed by atoms with E-state index in [0.29, 0.717) is 25.5 Å². The number of amides is 1. The molecule has 144 valence electrons. The van der Waals surface area contributed by atoms with Gasteiger partial charge in [0.25, 0.3) is 0 Å². The van der Waals surface area contributed by atoms with Crippen molar-refractivity contribution in [2.24, 2.45) is 4.99 Å². The number of hydrogen-bond donors (Lipinski definition) is 3. The number of fused-ring (bicyclic) bond motifs is 1. The Morgan fingerprint density at radius 2 is 1.93 bits per heavy atom. The smallest absolute Gasteiger partial charge is 0.225 e. The number of methoxy groups -OCH3 is 1. The van der Waals surface area contributed by atoms with Gasteiger partial charge < -0.3 is 20.7 Å². The van der Waals surface area contributed by atoms with Crippen molar-refractivity contribution in [2.45, 2.75) is 18.9 Å². The summed E-state index contributed by atoms with van der Waals surface area (Å²) in [4.78, 5) is 16.2. The average molecular weight is 480 g/mol. The van der Waals surface area contributed by atoms with E-state index in [2.05, 4.69) is 27.0 Å². The van der Waals surface area contributed by atoms with Crippen LogP contribution in [-0.2, 0) is 11.3 Å². The topological polar surface area (TPSA) is 74.8 Å². The SMILES string of the molecule is CN=C(NCc1ccc(OC)cc1)NCC1CC(=O)Nc2ccccc21.I. The summed E-state index contributed by atoms with van der Waals surface area (Å²) in [5.74, 6) is 1.73. The minimum Gasteiger partial charge on any atom is -0.497 e. The zero-order valence-corrected chi connectivity index (χ0v) is 17.8. The molecule has 7 heteroatoms. The number of ether oxygens (including phenoxy) is 1. The van der Waals surface area contributed by atoms with Gasteiger partial charge in [0.05, 0.1) is 7.11 Å². The fourth-order valence-electron chi connectivity index (χ4n) is 3.05. The minimum atomic E-state index is 0. The van der Waals surface area contributed by atoms with Crippen molar-refractivity contribution in [3.63, 3.8) is 0 Å². The van der Waals surface area contributed by atoms with Crippen molar-refractivity contribution < 1.29 is 9.53 Å². The standard InChI is InChI=1S/C20H24N4O2.HI/c1-21-20(22-12-14-7-9-16(26-2)10-8-14)23-13-15-11-19(25)24-18-6-4-3-5-17(15)18;/h3-10,15H,11-13H2,1-2H3,(H,24,25)(H2,21,22,23);1H. The highest BCUT2D eigenvalue weighted by molar-refractivity contribution is 14.0. The molecule has 2 aromatic rings. The van der Waals surface area contributed by atoms with Gasteiger partial charge in [-0.2, -0.15) is 0 Å². The molecule has 27 heavy (non-hydrogen) atoms. The number of para-hydroxylation sites is 1. The quantitative estimate of drug-likeness (QED) is 0.350. The van der Waals surface area contributed by atoms with E-state index < -0.39 is 0 Å². The van der Waals surface area contributed by atoms with Gasteiger partial charge in [0, 0.05) is 38.2 Å². The van der Waals surface area contributed by atoms with E-state index in [4.69, 9.17) is 4.74 Å². The minimum absolute atomic E-state index is 0. The summed E-state index contributed by atoms with van der Waals surface area (Å²) in [5.41, 5.74) is 3.19. The molecule has 0 fully saturated rings.